The van der Waals surface area contributed by atoms with Crippen molar-refractivity contribution in [1.82, 2.24) is 20.2 Å². The summed E-state index contributed by atoms with van der Waals surface area (Å²) in [5.41, 5.74) is 4.82. The Morgan fingerprint density at radius 1 is 1.12 bits per heavy atom. The highest BCUT2D eigenvalue weighted by Crippen LogP contribution is 2.18. The molecule has 2 N–H and O–H groups in total. The van der Waals surface area contributed by atoms with Crippen molar-refractivity contribution in [2.45, 2.75) is 26.7 Å². The van der Waals surface area contributed by atoms with Gasteiger partial charge in [-0.3, -0.25) is 4.79 Å². The monoisotopic (exact) mass is 350 g/mol. The molecule has 3 rings (SSSR count). The standard InChI is InChI=1S/C19H22N6O/c1-13(2)15-4-6-16(7-5-15)22-19(26)11-20-17-8-9-18(14(3)10-17)25-12-21-23-24-25/h4-10,12-13,20H,11H2,1-3H3,(H,22,26). The normalized spacial score (nSPS) is 10.8. The molecule has 134 valence electrons. The molecule has 0 saturated carbocycles. The number of nitrogens with one attached hydrogen (secondary N) is 2. The quantitative estimate of drug-likeness (QED) is 0.713. The number of carbonyl (C=O) groups is 1. The Bertz CT molecular complexity index is 872. The molecular weight excluding hydrogens is 328 g/mol. The van der Waals surface area contributed by atoms with Gasteiger partial charge in [0, 0.05) is 11.4 Å². The van der Waals surface area contributed by atoms with Crippen LogP contribution in [0.2, 0.25) is 0 Å². The molecule has 0 aliphatic carbocycles. The first-order valence-electron chi connectivity index (χ1n) is 8.50. The highest BCUT2D eigenvalue weighted by Gasteiger charge is 2.06. The summed E-state index contributed by atoms with van der Waals surface area (Å²) in [6.45, 7) is 6.45. The van der Waals surface area contributed by atoms with E-state index in [9.17, 15) is 4.79 Å². The van der Waals surface area contributed by atoms with Gasteiger partial charge in [-0.05, 0) is 64.7 Å². The van der Waals surface area contributed by atoms with Gasteiger partial charge in [-0.25, -0.2) is 4.68 Å². The van der Waals surface area contributed by atoms with E-state index < -0.39 is 0 Å². The summed E-state index contributed by atoms with van der Waals surface area (Å²) < 4.78 is 1.60. The van der Waals surface area contributed by atoms with E-state index in [0.717, 1.165) is 22.6 Å². The van der Waals surface area contributed by atoms with Crippen molar-refractivity contribution in [3.8, 4) is 5.69 Å². The zero-order valence-electron chi connectivity index (χ0n) is 15.1. The number of nitrogens with zero attached hydrogens (tertiary/aromatic N) is 4. The third-order valence-corrected chi connectivity index (χ3v) is 4.11. The van der Waals surface area contributed by atoms with Gasteiger partial charge in [0.2, 0.25) is 5.91 Å². The predicted octanol–water partition coefficient (Wildman–Crippen LogP) is 3.14. The molecule has 0 saturated heterocycles. The molecule has 0 fully saturated rings. The van der Waals surface area contributed by atoms with E-state index in [-0.39, 0.29) is 12.5 Å². The Morgan fingerprint density at radius 3 is 2.46 bits per heavy atom. The molecule has 0 unspecified atom stereocenters. The maximum atomic E-state index is 12.1. The highest BCUT2D eigenvalue weighted by atomic mass is 16.1. The van der Waals surface area contributed by atoms with Gasteiger partial charge in [0.25, 0.3) is 0 Å². The Labute approximate surface area is 152 Å². The van der Waals surface area contributed by atoms with Crippen LogP contribution in [0.15, 0.2) is 48.8 Å². The van der Waals surface area contributed by atoms with Crippen LogP contribution in [0.4, 0.5) is 11.4 Å². The van der Waals surface area contributed by atoms with Crippen LogP contribution >= 0.6 is 0 Å². The number of rotatable bonds is 6. The van der Waals surface area contributed by atoms with Crippen LogP contribution in [0.25, 0.3) is 5.69 Å². The summed E-state index contributed by atoms with van der Waals surface area (Å²) in [4.78, 5) is 12.1. The molecular formula is C19H22N6O. The molecule has 0 bridgehead atoms. The molecule has 7 heteroatoms. The minimum absolute atomic E-state index is 0.0931. The zero-order chi connectivity index (χ0) is 18.5. The molecule has 0 spiro atoms. The molecule has 1 aromatic heterocycles. The third kappa shape index (κ3) is 4.24. The van der Waals surface area contributed by atoms with Gasteiger partial charge in [-0.15, -0.1) is 5.10 Å². The van der Waals surface area contributed by atoms with Crippen molar-refractivity contribution in [2.24, 2.45) is 0 Å². The number of aromatic nitrogens is 4. The van der Waals surface area contributed by atoms with Crippen molar-refractivity contribution in [3.63, 3.8) is 0 Å². The average molecular weight is 350 g/mol. The number of benzene rings is 2. The number of amides is 1. The molecule has 2 aromatic carbocycles. The van der Waals surface area contributed by atoms with E-state index in [1.807, 2.05) is 49.4 Å². The van der Waals surface area contributed by atoms with Crippen LogP contribution in [0.5, 0.6) is 0 Å². The molecule has 0 atom stereocenters. The molecule has 1 amide bonds. The van der Waals surface area contributed by atoms with Gasteiger partial charge < -0.3 is 10.6 Å². The van der Waals surface area contributed by atoms with Gasteiger partial charge in [-0.2, -0.15) is 0 Å². The highest BCUT2D eigenvalue weighted by molar-refractivity contribution is 5.93. The second-order valence-corrected chi connectivity index (χ2v) is 6.43. The summed E-state index contributed by atoms with van der Waals surface area (Å²) in [5, 5.41) is 17.2. The maximum Gasteiger partial charge on any atom is 0.243 e. The van der Waals surface area contributed by atoms with E-state index >= 15 is 0 Å². The Balaban J connectivity index is 1.56. The molecule has 0 aliphatic heterocycles. The summed E-state index contributed by atoms with van der Waals surface area (Å²) in [6, 6.07) is 13.7. The number of hydrogen-bond donors (Lipinski definition) is 2. The van der Waals surface area contributed by atoms with E-state index in [4.69, 9.17) is 0 Å². The van der Waals surface area contributed by atoms with E-state index in [1.54, 1.807) is 11.0 Å². The summed E-state index contributed by atoms with van der Waals surface area (Å²) in [5.74, 6) is 0.380. The fourth-order valence-electron chi connectivity index (χ4n) is 2.63. The van der Waals surface area contributed by atoms with Crippen LogP contribution in [0.3, 0.4) is 0 Å². The van der Waals surface area contributed by atoms with Crippen molar-refractivity contribution in [3.05, 3.63) is 59.9 Å². The second kappa shape index (κ2) is 7.77. The van der Waals surface area contributed by atoms with Crippen molar-refractivity contribution in [2.75, 3.05) is 17.2 Å². The number of tetrazole rings is 1. The van der Waals surface area contributed by atoms with Gasteiger partial charge in [0.1, 0.15) is 6.33 Å². The fraction of sp³-hybridized carbons (Fsp3) is 0.263. The Morgan fingerprint density at radius 2 is 1.85 bits per heavy atom. The summed E-state index contributed by atoms with van der Waals surface area (Å²) in [7, 11) is 0. The minimum Gasteiger partial charge on any atom is -0.376 e. The number of hydrogen-bond acceptors (Lipinski definition) is 5. The Hall–Kier alpha value is -3.22. The van der Waals surface area contributed by atoms with Crippen molar-refractivity contribution in [1.29, 1.82) is 0 Å². The Kier molecular flexibility index (Phi) is 5.26. The van der Waals surface area contributed by atoms with Crippen LogP contribution < -0.4 is 10.6 Å². The van der Waals surface area contributed by atoms with Crippen molar-refractivity contribution < 1.29 is 4.79 Å². The predicted molar refractivity (Wildman–Crippen MR) is 102 cm³/mol. The minimum atomic E-state index is -0.0931. The van der Waals surface area contributed by atoms with Crippen LogP contribution in [0, 0.1) is 6.92 Å². The van der Waals surface area contributed by atoms with E-state index in [2.05, 4.69) is 40.0 Å². The topological polar surface area (TPSA) is 84.7 Å². The number of aryl methyl sites for hydroxylation is 1. The first-order valence-corrected chi connectivity index (χ1v) is 8.50. The lowest BCUT2D eigenvalue weighted by Crippen LogP contribution is -2.21. The van der Waals surface area contributed by atoms with Gasteiger partial charge in [0.15, 0.2) is 0 Å². The van der Waals surface area contributed by atoms with Crippen LogP contribution in [-0.4, -0.2) is 32.7 Å². The fourth-order valence-corrected chi connectivity index (χ4v) is 2.63. The summed E-state index contributed by atoms with van der Waals surface area (Å²) >= 11 is 0. The van der Waals surface area contributed by atoms with Gasteiger partial charge in [0.05, 0.1) is 12.2 Å². The van der Waals surface area contributed by atoms with Gasteiger partial charge in [-0.1, -0.05) is 26.0 Å². The van der Waals surface area contributed by atoms with E-state index in [1.165, 1.54) is 5.56 Å². The molecule has 0 aliphatic rings. The van der Waals surface area contributed by atoms with Crippen LogP contribution in [0.1, 0.15) is 30.9 Å². The molecule has 7 nitrogen and oxygen atoms in total. The lowest BCUT2D eigenvalue weighted by atomic mass is 10.0. The first kappa shape index (κ1) is 17.6. The van der Waals surface area contributed by atoms with E-state index in [0.29, 0.717) is 5.92 Å². The molecule has 0 radical (unpaired) electrons. The van der Waals surface area contributed by atoms with Crippen LogP contribution in [-0.2, 0) is 4.79 Å². The first-order chi connectivity index (χ1) is 12.5. The maximum absolute atomic E-state index is 12.1. The number of carbonyl (C=O) groups excluding carboxylic acids is 1. The lowest BCUT2D eigenvalue weighted by Gasteiger charge is -2.11. The zero-order valence-corrected chi connectivity index (χ0v) is 15.1. The summed E-state index contributed by atoms with van der Waals surface area (Å²) in [6.07, 6.45) is 1.55. The molecule has 3 aromatic rings. The molecule has 26 heavy (non-hydrogen) atoms. The lowest BCUT2D eigenvalue weighted by molar-refractivity contribution is -0.114. The SMILES string of the molecule is Cc1cc(NCC(=O)Nc2ccc(C(C)C)cc2)ccc1-n1cnnn1. The molecule has 1 heterocycles. The second-order valence-electron chi connectivity index (χ2n) is 6.43. The van der Waals surface area contributed by atoms with Crippen molar-refractivity contribution >= 4 is 17.3 Å². The average Bonchev–Trinajstić information content (AvgIpc) is 3.15. The smallest absolute Gasteiger partial charge is 0.243 e. The largest absolute Gasteiger partial charge is 0.376 e. The number of anilines is 2. The van der Waals surface area contributed by atoms with Gasteiger partial charge >= 0.3 is 0 Å². The third-order valence-electron chi connectivity index (χ3n) is 4.11.